The molecule has 4 rings (SSSR count). The molecule has 0 saturated heterocycles. The van der Waals surface area contributed by atoms with Crippen LogP contribution >= 0.6 is 0 Å². The zero-order chi connectivity index (χ0) is 26.5. The molecular formula is C28H32N2O6. The highest BCUT2D eigenvalue weighted by molar-refractivity contribution is 5.83. The van der Waals surface area contributed by atoms with Crippen LogP contribution in [0.2, 0.25) is 0 Å². The zero-order valence-corrected chi connectivity index (χ0v) is 19.9. The predicted octanol–water partition coefficient (Wildman–Crippen LogP) is 1.67. The Morgan fingerprint density at radius 1 is 0.778 bits per heavy atom. The van der Waals surface area contributed by atoms with Crippen LogP contribution in [0.4, 0.5) is 0 Å². The Labute approximate surface area is 211 Å². The second-order valence-corrected chi connectivity index (χ2v) is 8.32. The molecule has 2 aromatic carbocycles. The number of aliphatic carboxylic acids is 2. The molecule has 4 atom stereocenters. The summed E-state index contributed by atoms with van der Waals surface area (Å²) >= 11 is 0. The van der Waals surface area contributed by atoms with Gasteiger partial charge in [-0.05, 0) is 47.9 Å². The van der Waals surface area contributed by atoms with Gasteiger partial charge in [-0.15, -0.1) is 12.8 Å². The van der Waals surface area contributed by atoms with E-state index in [1.165, 1.54) is 47.9 Å². The molecule has 2 aliphatic rings. The summed E-state index contributed by atoms with van der Waals surface area (Å²) in [6.45, 7) is 1.33. The minimum atomic E-state index is -2.27. The van der Waals surface area contributed by atoms with Gasteiger partial charge in [0.2, 0.25) is 0 Å². The normalized spacial score (nSPS) is 18.4. The van der Waals surface area contributed by atoms with Gasteiger partial charge in [0.25, 0.3) is 0 Å². The third-order valence-electron chi connectivity index (χ3n) is 5.97. The summed E-state index contributed by atoms with van der Waals surface area (Å²) in [5, 5.41) is 39.2. The molecule has 0 heterocycles. The molecule has 0 radical (unpaired) electrons. The number of hydrogen-bond donors (Lipinski definition) is 6. The molecule has 0 aliphatic heterocycles. The van der Waals surface area contributed by atoms with Gasteiger partial charge in [0, 0.05) is 12.1 Å². The molecule has 2 aliphatic carbocycles. The molecule has 190 valence electrons. The van der Waals surface area contributed by atoms with Gasteiger partial charge >= 0.3 is 11.9 Å². The third-order valence-corrected chi connectivity index (χ3v) is 5.97. The van der Waals surface area contributed by atoms with Gasteiger partial charge < -0.3 is 20.4 Å². The lowest BCUT2D eigenvalue weighted by Gasteiger charge is -2.10. The molecule has 0 spiro atoms. The number of aliphatic hydroxyl groups excluding tert-OH is 2. The topological polar surface area (TPSA) is 139 Å². The van der Waals surface area contributed by atoms with E-state index < -0.39 is 24.1 Å². The van der Waals surface area contributed by atoms with E-state index in [1.807, 2.05) is 0 Å². The molecule has 6 N–H and O–H groups in total. The SMILES string of the molecule is C#CCN[C@H]1CCc2ccccc21.C#CCN[C@H]1CCc2ccccc21.O=C(O)C(O)C(O)C(=O)O. The number of benzene rings is 2. The van der Waals surface area contributed by atoms with E-state index in [4.69, 9.17) is 33.3 Å². The van der Waals surface area contributed by atoms with E-state index >= 15 is 0 Å². The molecule has 36 heavy (non-hydrogen) atoms. The van der Waals surface area contributed by atoms with Crippen molar-refractivity contribution in [3.05, 3.63) is 70.8 Å². The van der Waals surface area contributed by atoms with Gasteiger partial charge in [0.1, 0.15) is 0 Å². The summed E-state index contributed by atoms with van der Waals surface area (Å²) in [6, 6.07) is 18.1. The average molecular weight is 493 g/mol. The summed E-state index contributed by atoms with van der Waals surface area (Å²) in [5.41, 5.74) is 5.80. The summed E-state index contributed by atoms with van der Waals surface area (Å²) in [4.78, 5) is 19.5. The monoisotopic (exact) mass is 492 g/mol. The van der Waals surface area contributed by atoms with Crippen molar-refractivity contribution in [2.45, 2.75) is 50.0 Å². The fraction of sp³-hybridized carbons (Fsp3) is 0.357. The second kappa shape index (κ2) is 14.7. The van der Waals surface area contributed by atoms with Crippen molar-refractivity contribution in [3.63, 3.8) is 0 Å². The Kier molecular flexibility index (Phi) is 11.6. The summed E-state index contributed by atoms with van der Waals surface area (Å²) in [5.74, 6) is 1.69. The fourth-order valence-corrected chi connectivity index (χ4v) is 4.17. The van der Waals surface area contributed by atoms with Crippen LogP contribution in [-0.2, 0) is 22.4 Å². The van der Waals surface area contributed by atoms with Crippen LogP contribution in [0.25, 0.3) is 0 Å². The van der Waals surface area contributed by atoms with Gasteiger partial charge in [-0.3, -0.25) is 10.6 Å². The maximum absolute atomic E-state index is 9.77. The third kappa shape index (κ3) is 8.23. The van der Waals surface area contributed by atoms with Crippen LogP contribution in [-0.4, -0.2) is 57.7 Å². The highest BCUT2D eigenvalue weighted by Gasteiger charge is 2.29. The number of aryl methyl sites for hydroxylation is 2. The van der Waals surface area contributed by atoms with Crippen molar-refractivity contribution < 1.29 is 30.0 Å². The zero-order valence-electron chi connectivity index (χ0n) is 19.9. The molecule has 0 saturated carbocycles. The van der Waals surface area contributed by atoms with Crippen molar-refractivity contribution in [2.24, 2.45) is 0 Å². The van der Waals surface area contributed by atoms with Crippen molar-refractivity contribution in [1.82, 2.24) is 10.6 Å². The lowest BCUT2D eigenvalue weighted by Crippen LogP contribution is -2.39. The molecule has 2 aromatic rings. The predicted molar refractivity (Wildman–Crippen MR) is 136 cm³/mol. The number of carboxylic acids is 2. The van der Waals surface area contributed by atoms with E-state index in [-0.39, 0.29) is 0 Å². The number of fused-ring (bicyclic) bond motifs is 2. The van der Waals surface area contributed by atoms with E-state index in [1.54, 1.807) is 0 Å². The minimum Gasteiger partial charge on any atom is -0.479 e. The molecular weight excluding hydrogens is 460 g/mol. The van der Waals surface area contributed by atoms with Gasteiger partial charge in [0.15, 0.2) is 12.2 Å². The molecule has 0 aromatic heterocycles. The fourth-order valence-electron chi connectivity index (χ4n) is 4.17. The average Bonchev–Trinajstić information content (AvgIpc) is 3.50. The number of nitrogens with one attached hydrogen (secondary N) is 2. The summed E-state index contributed by atoms with van der Waals surface area (Å²) in [7, 11) is 0. The number of rotatable bonds is 7. The number of carboxylic acid groups (broad SMARTS) is 2. The van der Waals surface area contributed by atoms with Crippen LogP contribution in [0.1, 0.15) is 47.2 Å². The first-order chi connectivity index (χ1) is 17.3. The highest BCUT2D eigenvalue weighted by Crippen LogP contribution is 2.31. The summed E-state index contributed by atoms with van der Waals surface area (Å²) < 4.78 is 0. The van der Waals surface area contributed by atoms with Crippen molar-refractivity contribution in [1.29, 1.82) is 0 Å². The Balaban J connectivity index is 0.000000193. The van der Waals surface area contributed by atoms with Gasteiger partial charge in [-0.2, -0.15) is 0 Å². The molecule has 0 fully saturated rings. The molecule has 2 unspecified atom stereocenters. The smallest absolute Gasteiger partial charge is 0.335 e. The first-order valence-corrected chi connectivity index (χ1v) is 11.6. The van der Waals surface area contributed by atoms with Crippen LogP contribution in [0.3, 0.4) is 0 Å². The standard InChI is InChI=1S/2C12H13N.C4H6O6/c2*1-2-9-13-12-8-7-10-5-3-4-6-11(10)12;5-1(3(7)8)2(6)4(9)10/h2*1,3-6,12-13H,7-9H2;1-2,5-6H,(H,7,8)(H,9,10)/t2*12-;/m00./s1. The van der Waals surface area contributed by atoms with Gasteiger partial charge in [-0.25, -0.2) is 9.59 Å². The van der Waals surface area contributed by atoms with Gasteiger partial charge in [0.05, 0.1) is 13.1 Å². The van der Waals surface area contributed by atoms with Crippen LogP contribution in [0.5, 0.6) is 0 Å². The molecule has 8 heteroatoms. The lowest BCUT2D eigenvalue weighted by molar-refractivity contribution is -0.165. The Bertz CT molecular complexity index is 1020. The first kappa shape index (κ1) is 28.6. The molecule has 0 bridgehead atoms. The lowest BCUT2D eigenvalue weighted by atomic mass is 10.1. The Hall–Kier alpha value is -3.66. The van der Waals surface area contributed by atoms with E-state index in [0.29, 0.717) is 25.2 Å². The van der Waals surface area contributed by atoms with Crippen LogP contribution < -0.4 is 10.6 Å². The number of aliphatic hydroxyl groups is 2. The molecule has 8 nitrogen and oxygen atoms in total. The number of terminal acetylenes is 2. The van der Waals surface area contributed by atoms with E-state index in [2.05, 4.69) is 71.0 Å². The maximum Gasteiger partial charge on any atom is 0.335 e. The number of carbonyl (C=O) groups is 2. The highest BCUT2D eigenvalue weighted by atomic mass is 16.4. The summed E-state index contributed by atoms with van der Waals surface area (Å²) in [6.07, 6.45) is 10.6. The van der Waals surface area contributed by atoms with Crippen molar-refractivity contribution >= 4 is 11.9 Å². The second-order valence-electron chi connectivity index (χ2n) is 8.32. The molecule has 0 amide bonds. The minimum absolute atomic E-state index is 0.479. The maximum atomic E-state index is 9.77. The Morgan fingerprint density at radius 3 is 1.47 bits per heavy atom. The van der Waals surface area contributed by atoms with Crippen molar-refractivity contribution in [2.75, 3.05) is 13.1 Å². The van der Waals surface area contributed by atoms with E-state index in [0.717, 1.165) is 0 Å². The number of hydrogen-bond acceptors (Lipinski definition) is 6. The largest absolute Gasteiger partial charge is 0.479 e. The Morgan fingerprint density at radius 2 is 1.14 bits per heavy atom. The quantitative estimate of drug-likeness (QED) is 0.321. The van der Waals surface area contributed by atoms with Crippen LogP contribution in [0.15, 0.2) is 48.5 Å². The van der Waals surface area contributed by atoms with Gasteiger partial charge in [-0.1, -0.05) is 60.4 Å². The first-order valence-electron chi connectivity index (χ1n) is 11.6. The van der Waals surface area contributed by atoms with E-state index in [9.17, 15) is 9.59 Å². The van der Waals surface area contributed by atoms with Crippen LogP contribution in [0, 0.1) is 24.7 Å². The van der Waals surface area contributed by atoms with Crippen molar-refractivity contribution in [3.8, 4) is 24.7 Å².